The number of rotatable bonds is 6. The van der Waals surface area contributed by atoms with Gasteiger partial charge in [-0.3, -0.25) is 4.98 Å². The fraction of sp³-hybridized carbons (Fsp3) is 0.0263. The molecule has 0 saturated carbocycles. The minimum absolute atomic E-state index is 0.601. The summed E-state index contributed by atoms with van der Waals surface area (Å²) in [5.74, 6) is 1.85. The lowest BCUT2D eigenvalue weighted by molar-refractivity contribution is 1.07. The molecule has 0 unspecified atom stereocenters. The summed E-state index contributed by atoms with van der Waals surface area (Å²) < 4.78 is 0. The molecule has 0 aliphatic carbocycles. The first-order valence-electron chi connectivity index (χ1n) is 14.2. The predicted molar refractivity (Wildman–Crippen MR) is 173 cm³/mol. The lowest BCUT2D eigenvalue weighted by atomic mass is 9.97. The average Bonchev–Trinajstić information content (AvgIpc) is 3.09. The Hall–Kier alpha value is -5.81. The fourth-order valence-corrected chi connectivity index (χ4v) is 5.01. The summed E-state index contributed by atoms with van der Waals surface area (Å²) in [7, 11) is 0. The van der Waals surface area contributed by atoms with Gasteiger partial charge in [0.2, 0.25) is 0 Å². The Bertz CT molecular complexity index is 1950. The Kier molecular flexibility index (Phi) is 7.04. The first kappa shape index (κ1) is 26.1. The summed E-state index contributed by atoms with van der Waals surface area (Å²) in [6.07, 6.45) is 1.79. The van der Waals surface area contributed by atoms with Crippen LogP contribution in [0.3, 0.4) is 0 Å². The van der Waals surface area contributed by atoms with Gasteiger partial charge >= 0.3 is 0 Å². The van der Waals surface area contributed by atoms with Crippen LogP contribution in [0.2, 0.25) is 0 Å². The molecule has 0 atom stereocenters. The van der Waals surface area contributed by atoms with Crippen LogP contribution in [0.5, 0.6) is 0 Å². The van der Waals surface area contributed by atoms with Crippen molar-refractivity contribution < 1.29 is 0 Å². The Morgan fingerprint density at radius 2 is 0.884 bits per heavy atom. The van der Waals surface area contributed by atoms with Crippen molar-refractivity contribution >= 4 is 0 Å². The quantitative estimate of drug-likeness (QED) is 0.206. The number of pyridine rings is 2. The molecule has 0 bridgehead atoms. The van der Waals surface area contributed by atoms with Crippen LogP contribution < -0.4 is 0 Å². The lowest BCUT2D eigenvalue weighted by Crippen LogP contribution is -2.00. The van der Waals surface area contributed by atoms with Crippen molar-refractivity contribution in [2.75, 3.05) is 0 Å². The summed E-state index contributed by atoms with van der Waals surface area (Å²) in [6, 6.07) is 47.0. The van der Waals surface area contributed by atoms with Gasteiger partial charge < -0.3 is 0 Å². The van der Waals surface area contributed by atoms with E-state index in [1.807, 2.05) is 97.1 Å². The third kappa shape index (κ3) is 5.69. The van der Waals surface area contributed by atoms with E-state index in [-0.39, 0.29) is 0 Å². The molecule has 0 radical (unpaired) electrons. The van der Waals surface area contributed by atoms with Gasteiger partial charge in [0.05, 0.1) is 17.1 Å². The molecule has 5 heteroatoms. The van der Waals surface area contributed by atoms with E-state index in [4.69, 9.17) is 19.9 Å². The maximum Gasteiger partial charge on any atom is 0.164 e. The molecule has 5 nitrogen and oxygen atoms in total. The van der Waals surface area contributed by atoms with Crippen LogP contribution in [-0.2, 0) is 0 Å². The van der Waals surface area contributed by atoms with Crippen molar-refractivity contribution in [1.29, 1.82) is 0 Å². The Morgan fingerprint density at radius 3 is 1.51 bits per heavy atom. The topological polar surface area (TPSA) is 64.5 Å². The van der Waals surface area contributed by atoms with E-state index < -0.39 is 0 Å². The minimum Gasteiger partial charge on any atom is -0.255 e. The van der Waals surface area contributed by atoms with Crippen molar-refractivity contribution in [2.24, 2.45) is 0 Å². The minimum atomic E-state index is 0.601. The zero-order valence-electron chi connectivity index (χ0n) is 23.6. The van der Waals surface area contributed by atoms with Crippen molar-refractivity contribution in [3.05, 3.63) is 151 Å². The van der Waals surface area contributed by atoms with Crippen LogP contribution >= 0.6 is 0 Å². The van der Waals surface area contributed by atoms with Gasteiger partial charge in [0.1, 0.15) is 0 Å². The number of aromatic nitrogens is 5. The fourth-order valence-electron chi connectivity index (χ4n) is 5.01. The second kappa shape index (κ2) is 11.6. The normalized spacial score (nSPS) is 10.9. The molecule has 4 aromatic carbocycles. The highest BCUT2D eigenvalue weighted by molar-refractivity contribution is 5.80. The van der Waals surface area contributed by atoms with Gasteiger partial charge in [0.25, 0.3) is 0 Å². The van der Waals surface area contributed by atoms with Crippen molar-refractivity contribution in [3.8, 4) is 67.9 Å². The van der Waals surface area contributed by atoms with Crippen molar-refractivity contribution in [2.45, 2.75) is 6.92 Å². The van der Waals surface area contributed by atoms with Gasteiger partial charge in [0.15, 0.2) is 17.5 Å². The second-order valence-electron chi connectivity index (χ2n) is 10.3. The van der Waals surface area contributed by atoms with Gasteiger partial charge in [-0.2, -0.15) is 0 Å². The second-order valence-corrected chi connectivity index (χ2v) is 10.3. The molecular formula is C38H27N5. The number of benzene rings is 4. The molecule has 0 aliphatic heterocycles. The van der Waals surface area contributed by atoms with E-state index in [1.54, 1.807) is 6.20 Å². The Morgan fingerprint density at radius 1 is 0.349 bits per heavy atom. The highest BCUT2D eigenvalue weighted by atomic mass is 15.0. The average molecular weight is 554 g/mol. The van der Waals surface area contributed by atoms with E-state index in [0.717, 1.165) is 50.5 Å². The van der Waals surface area contributed by atoms with E-state index in [0.29, 0.717) is 17.5 Å². The molecule has 0 aliphatic rings. The third-order valence-electron chi connectivity index (χ3n) is 7.25. The molecule has 0 saturated heterocycles. The summed E-state index contributed by atoms with van der Waals surface area (Å²) in [5, 5.41) is 0. The smallest absolute Gasteiger partial charge is 0.164 e. The number of aryl methyl sites for hydroxylation is 1. The van der Waals surface area contributed by atoms with Gasteiger partial charge in [-0.05, 0) is 60.5 Å². The van der Waals surface area contributed by atoms with Gasteiger partial charge in [-0.1, -0.05) is 103 Å². The molecule has 7 rings (SSSR count). The van der Waals surface area contributed by atoms with Gasteiger partial charge in [-0.15, -0.1) is 0 Å². The zero-order valence-corrected chi connectivity index (χ0v) is 23.6. The first-order chi connectivity index (χ1) is 21.2. The summed E-state index contributed by atoms with van der Waals surface area (Å²) >= 11 is 0. The van der Waals surface area contributed by atoms with Crippen molar-refractivity contribution in [1.82, 2.24) is 24.9 Å². The van der Waals surface area contributed by atoms with E-state index in [9.17, 15) is 0 Å². The number of hydrogen-bond acceptors (Lipinski definition) is 5. The standard InChI is InChI=1S/C38H27N5/c1-26-18-20-27(21-19-26)30-23-31(33-16-10-17-35(40-33)34-15-8-9-22-39-34)25-32(24-30)38-42-36(28-11-4-2-5-12-28)41-37(43-38)29-13-6-3-7-14-29/h2-25H,1H3. The third-order valence-corrected chi connectivity index (χ3v) is 7.25. The lowest BCUT2D eigenvalue weighted by Gasteiger charge is -2.13. The largest absolute Gasteiger partial charge is 0.255 e. The SMILES string of the molecule is Cc1ccc(-c2cc(-c3cccc(-c4ccccn4)n3)cc(-c3nc(-c4ccccc4)nc(-c4ccccc4)n3)c2)cc1. The van der Waals surface area contributed by atoms with Gasteiger partial charge in [0, 0.05) is 28.5 Å². The first-order valence-corrected chi connectivity index (χ1v) is 14.2. The van der Waals surface area contributed by atoms with Crippen LogP contribution in [0, 0.1) is 6.92 Å². The molecule has 43 heavy (non-hydrogen) atoms. The monoisotopic (exact) mass is 553 g/mol. The Labute approximate surface area is 250 Å². The van der Waals surface area contributed by atoms with Crippen LogP contribution in [0.1, 0.15) is 5.56 Å². The summed E-state index contributed by atoms with van der Waals surface area (Å²) in [4.78, 5) is 24.4. The van der Waals surface area contributed by atoms with Crippen molar-refractivity contribution in [3.63, 3.8) is 0 Å². The van der Waals surface area contributed by atoms with Crippen LogP contribution in [0.15, 0.2) is 146 Å². The molecular weight excluding hydrogens is 526 g/mol. The Balaban J connectivity index is 1.43. The van der Waals surface area contributed by atoms with Crippen LogP contribution in [0.4, 0.5) is 0 Å². The summed E-state index contributed by atoms with van der Waals surface area (Å²) in [6.45, 7) is 2.10. The van der Waals surface area contributed by atoms with E-state index in [2.05, 4.69) is 54.4 Å². The van der Waals surface area contributed by atoms with Crippen LogP contribution in [-0.4, -0.2) is 24.9 Å². The highest BCUT2D eigenvalue weighted by Crippen LogP contribution is 2.33. The maximum absolute atomic E-state index is 5.01. The number of nitrogens with zero attached hydrogens (tertiary/aromatic N) is 5. The zero-order chi connectivity index (χ0) is 29.0. The molecule has 0 spiro atoms. The molecule has 0 amide bonds. The molecule has 3 heterocycles. The predicted octanol–water partition coefficient (Wildman–Crippen LogP) is 8.97. The molecule has 7 aromatic rings. The highest BCUT2D eigenvalue weighted by Gasteiger charge is 2.15. The molecule has 0 fully saturated rings. The number of hydrogen-bond donors (Lipinski definition) is 0. The maximum atomic E-state index is 5.01. The molecule has 204 valence electrons. The van der Waals surface area contributed by atoms with E-state index in [1.165, 1.54) is 5.56 Å². The van der Waals surface area contributed by atoms with Gasteiger partial charge in [-0.25, -0.2) is 19.9 Å². The van der Waals surface area contributed by atoms with Crippen LogP contribution in [0.25, 0.3) is 67.9 Å². The summed E-state index contributed by atoms with van der Waals surface area (Å²) in [5.41, 5.74) is 9.58. The molecule has 0 N–H and O–H groups in total. The van der Waals surface area contributed by atoms with E-state index >= 15 is 0 Å². The molecule has 3 aromatic heterocycles.